The molecular formula is C10H11F2N. The molecule has 0 spiro atoms. The van der Waals surface area contributed by atoms with E-state index >= 15 is 0 Å². The SMILES string of the molecule is CC.FC1(F)C=c2ccccc2=N1. The van der Waals surface area contributed by atoms with E-state index in [0.29, 0.717) is 10.6 Å². The highest BCUT2D eigenvalue weighted by Crippen LogP contribution is 2.17. The fourth-order valence-electron chi connectivity index (χ4n) is 1.09. The van der Waals surface area contributed by atoms with E-state index in [9.17, 15) is 8.78 Å². The Morgan fingerprint density at radius 3 is 2.38 bits per heavy atom. The second-order valence-corrected chi connectivity index (χ2v) is 2.40. The van der Waals surface area contributed by atoms with Crippen molar-refractivity contribution in [1.82, 2.24) is 0 Å². The van der Waals surface area contributed by atoms with Gasteiger partial charge in [0.25, 0.3) is 0 Å². The van der Waals surface area contributed by atoms with Crippen molar-refractivity contribution in [2.75, 3.05) is 0 Å². The molecule has 0 bridgehead atoms. The molecule has 13 heavy (non-hydrogen) atoms. The summed E-state index contributed by atoms with van der Waals surface area (Å²) in [6.45, 7) is 4.00. The molecule has 1 heterocycles. The average Bonchev–Trinajstić information content (AvgIpc) is 2.41. The Hall–Kier alpha value is -1.25. The molecular weight excluding hydrogens is 172 g/mol. The number of para-hydroxylation sites is 1. The highest BCUT2D eigenvalue weighted by molar-refractivity contribution is 5.34. The van der Waals surface area contributed by atoms with Crippen LogP contribution in [0, 0.1) is 0 Å². The number of nitrogens with zero attached hydrogens (tertiary/aromatic N) is 1. The first-order valence-electron chi connectivity index (χ1n) is 4.23. The minimum Gasteiger partial charge on any atom is -0.212 e. The van der Waals surface area contributed by atoms with Crippen molar-refractivity contribution in [1.29, 1.82) is 0 Å². The van der Waals surface area contributed by atoms with Crippen LogP contribution in [0.5, 0.6) is 0 Å². The number of alkyl halides is 2. The van der Waals surface area contributed by atoms with Crippen LogP contribution in [0.3, 0.4) is 0 Å². The summed E-state index contributed by atoms with van der Waals surface area (Å²) in [5.74, 6) is 0. The van der Waals surface area contributed by atoms with Crippen molar-refractivity contribution in [3.63, 3.8) is 0 Å². The van der Waals surface area contributed by atoms with Gasteiger partial charge in [-0.25, -0.2) is 4.99 Å². The Morgan fingerprint density at radius 2 is 1.77 bits per heavy atom. The van der Waals surface area contributed by atoms with Crippen LogP contribution in [-0.4, -0.2) is 6.05 Å². The van der Waals surface area contributed by atoms with Gasteiger partial charge in [0.05, 0.1) is 5.36 Å². The predicted octanol–water partition coefficient (Wildman–Crippen LogP) is 1.72. The molecule has 2 rings (SSSR count). The van der Waals surface area contributed by atoms with E-state index in [2.05, 4.69) is 4.99 Å². The molecule has 1 nitrogen and oxygen atoms in total. The lowest BCUT2D eigenvalue weighted by Gasteiger charge is -1.96. The van der Waals surface area contributed by atoms with Gasteiger partial charge in [-0.1, -0.05) is 32.0 Å². The lowest BCUT2D eigenvalue weighted by atomic mass is 10.3. The molecule has 0 saturated heterocycles. The maximum atomic E-state index is 12.5. The predicted molar refractivity (Wildman–Crippen MR) is 48.0 cm³/mol. The van der Waals surface area contributed by atoms with Crippen molar-refractivity contribution >= 4 is 6.08 Å². The van der Waals surface area contributed by atoms with Gasteiger partial charge in [-0.2, -0.15) is 8.78 Å². The van der Waals surface area contributed by atoms with Crippen LogP contribution >= 0.6 is 0 Å². The molecule has 0 radical (unpaired) electrons. The fourth-order valence-corrected chi connectivity index (χ4v) is 1.09. The molecule has 0 amide bonds. The molecule has 0 fully saturated rings. The van der Waals surface area contributed by atoms with Gasteiger partial charge >= 0.3 is 6.05 Å². The molecule has 1 aromatic carbocycles. The fraction of sp³-hybridized carbons (Fsp3) is 0.300. The standard InChI is InChI=1S/C8H5F2N.C2H6/c9-8(10)5-6-3-1-2-4-7(6)11-8;1-2/h1-5H;1-2H3. The van der Waals surface area contributed by atoms with Crippen LogP contribution in [0.2, 0.25) is 0 Å². The maximum absolute atomic E-state index is 12.5. The molecule has 1 aliphatic rings. The number of hydrogen-bond acceptors (Lipinski definition) is 1. The van der Waals surface area contributed by atoms with Crippen molar-refractivity contribution in [3.8, 4) is 0 Å². The quantitative estimate of drug-likeness (QED) is 0.543. The summed E-state index contributed by atoms with van der Waals surface area (Å²) in [6, 6.07) is 3.61. The van der Waals surface area contributed by atoms with Crippen LogP contribution in [0.15, 0.2) is 29.3 Å². The van der Waals surface area contributed by atoms with E-state index in [1.54, 1.807) is 24.3 Å². The zero-order valence-electron chi connectivity index (χ0n) is 7.59. The first-order valence-corrected chi connectivity index (χ1v) is 4.23. The summed E-state index contributed by atoms with van der Waals surface area (Å²) in [5, 5.41) is 0.884. The summed E-state index contributed by atoms with van der Waals surface area (Å²) in [4.78, 5) is 3.20. The molecule has 0 aromatic heterocycles. The second kappa shape index (κ2) is 3.64. The zero-order valence-corrected chi connectivity index (χ0v) is 7.59. The highest BCUT2D eigenvalue weighted by atomic mass is 19.3. The summed E-state index contributed by atoms with van der Waals surface area (Å²) >= 11 is 0. The lowest BCUT2D eigenvalue weighted by Crippen LogP contribution is -2.19. The van der Waals surface area contributed by atoms with E-state index in [1.165, 1.54) is 0 Å². The van der Waals surface area contributed by atoms with Gasteiger partial charge in [0.2, 0.25) is 0 Å². The molecule has 1 aromatic rings. The number of fused-ring (bicyclic) bond motifs is 1. The monoisotopic (exact) mass is 183 g/mol. The molecule has 0 N–H and O–H groups in total. The Labute approximate surface area is 75.4 Å². The van der Waals surface area contributed by atoms with Gasteiger partial charge in [-0.3, -0.25) is 0 Å². The van der Waals surface area contributed by atoms with E-state index in [4.69, 9.17) is 0 Å². The van der Waals surface area contributed by atoms with Gasteiger partial charge in [-0.05, 0) is 6.07 Å². The van der Waals surface area contributed by atoms with Crippen molar-refractivity contribution < 1.29 is 8.78 Å². The maximum Gasteiger partial charge on any atom is 0.363 e. The minimum atomic E-state index is -3.00. The Balaban J connectivity index is 0.000000396. The Bertz CT molecular complexity index is 359. The lowest BCUT2D eigenvalue weighted by molar-refractivity contribution is 0.0834. The summed E-state index contributed by atoms with van der Waals surface area (Å²) < 4.78 is 25.0. The van der Waals surface area contributed by atoms with Gasteiger partial charge in [0.1, 0.15) is 0 Å². The molecule has 0 saturated carbocycles. The first-order chi connectivity index (χ1) is 6.17. The van der Waals surface area contributed by atoms with Crippen LogP contribution in [0.1, 0.15) is 13.8 Å². The molecule has 70 valence electrons. The van der Waals surface area contributed by atoms with E-state index in [0.717, 1.165) is 6.08 Å². The van der Waals surface area contributed by atoms with E-state index in [-0.39, 0.29) is 0 Å². The Kier molecular flexibility index (Phi) is 2.76. The topological polar surface area (TPSA) is 12.4 Å². The first kappa shape index (κ1) is 9.84. The third kappa shape index (κ3) is 2.11. The highest BCUT2D eigenvalue weighted by Gasteiger charge is 2.26. The van der Waals surface area contributed by atoms with Crippen LogP contribution in [-0.2, 0) is 0 Å². The smallest absolute Gasteiger partial charge is 0.212 e. The number of rotatable bonds is 0. The van der Waals surface area contributed by atoms with E-state index in [1.807, 2.05) is 13.8 Å². The number of halogens is 2. The minimum absolute atomic E-state index is 0.373. The van der Waals surface area contributed by atoms with Crippen LogP contribution in [0.25, 0.3) is 6.08 Å². The molecule has 3 heteroatoms. The van der Waals surface area contributed by atoms with Gasteiger partial charge in [0.15, 0.2) is 0 Å². The summed E-state index contributed by atoms with van der Waals surface area (Å²) in [6.07, 6.45) is 0.863. The van der Waals surface area contributed by atoms with Gasteiger partial charge < -0.3 is 0 Å². The van der Waals surface area contributed by atoms with Crippen molar-refractivity contribution in [2.24, 2.45) is 4.99 Å². The third-order valence-corrected chi connectivity index (χ3v) is 1.54. The van der Waals surface area contributed by atoms with Gasteiger partial charge in [-0.15, -0.1) is 0 Å². The molecule has 0 atom stereocenters. The van der Waals surface area contributed by atoms with Crippen molar-refractivity contribution in [3.05, 3.63) is 34.8 Å². The second-order valence-electron chi connectivity index (χ2n) is 2.40. The number of benzene rings is 1. The normalized spacial score (nSPS) is 16.0. The summed E-state index contributed by atoms with van der Waals surface area (Å²) in [5.41, 5.74) is 0. The average molecular weight is 183 g/mol. The van der Waals surface area contributed by atoms with Crippen LogP contribution in [0.4, 0.5) is 8.78 Å². The number of hydrogen-bond donors (Lipinski definition) is 0. The van der Waals surface area contributed by atoms with Gasteiger partial charge in [0, 0.05) is 11.3 Å². The van der Waals surface area contributed by atoms with E-state index < -0.39 is 6.05 Å². The van der Waals surface area contributed by atoms with Crippen molar-refractivity contribution in [2.45, 2.75) is 19.9 Å². The summed E-state index contributed by atoms with van der Waals surface area (Å²) in [7, 11) is 0. The van der Waals surface area contributed by atoms with Crippen LogP contribution < -0.4 is 10.6 Å². The molecule has 0 aliphatic carbocycles. The third-order valence-electron chi connectivity index (χ3n) is 1.54. The molecule has 0 unspecified atom stereocenters. The Morgan fingerprint density at radius 1 is 1.15 bits per heavy atom. The molecule has 1 aliphatic heterocycles. The zero-order chi connectivity index (χ0) is 9.90. The largest absolute Gasteiger partial charge is 0.363 e.